The van der Waals surface area contributed by atoms with Crippen LogP contribution in [0.25, 0.3) is 11.3 Å². The van der Waals surface area contributed by atoms with Gasteiger partial charge in [-0.25, -0.2) is 4.98 Å². The number of benzene rings is 1. The van der Waals surface area contributed by atoms with Gasteiger partial charge in [-0.05, 0) is 26.0 Å². The molecule has 0 saturated heterocycles. The van der Waals surface area contributed by atoms with E-state index < -0.39 is 0 Å². The van der Waals surface area contributed by atoms with Crippen molar-refractivity contribution >= 4 is 22.7 Å². The summed E-state index contributed by atoms with van der Waals surface area (Å²) < 4.78 is 0. The minimum Gasteiger partial charge on any atom is -0.303 e. The molecule has 0 radical (unpaired) electrons. The van der Waals surface area contributed by atoms with Crippen LogP contribution in [-0.4, -0.2) is 4.98 Å². The van der Waals surface area contributed by atoms with Crippen LogP contribution in [0.5, 0.6) is 0 Å². The summed E-state index contributed by atoms with van der Waals surface area (Å²) in [5.41, 5.74) is 2.25. The Labute approximate surface area is 133 Å². The first-order valence-corrected chi connectivity index (χ1v) is 8.71. The second kappa shape index (κ2) is 6.52. The van der Waals surface area contributed by atoms with Crippen LogP contribution >= 0.6 is 22.7 Å². The summed E-state index contributed by atoms with van der Waals surface area (Å²) in [4.78, 5) is 7.45. The highest BCUT2D eigenvalue weighted by atomic mass is 32.1. The molecule has 0 saturated carbocycles. The number of aromatic nitrogens is 1. The normalized spacial score (nSPS) is 12.5. The minimum atomic E-state index is 0.368. The topological polar surface area (TPSA) is 24.9 Å². The largest absolute Gasteiger partial charge is 0.303 e. The molecule has 1 atom stereocenters. The average Bonchev–Trinajstić information content (AvgIpc) is 3.15. The second-order valence-corrected chi connectivity index (χ2v) is 7.31. The number of hydrogen-bond donors (Lipinski definition) is 1. The van der Waals surface area contributed by atoms with Gasteiger partial charge in [-0.1, -0.05) is 30.3 Å². The van der Waals surface area contributed by atoms with Crippen molar-refractivity contribution in [3.8, 4) is 11.3 Å². The molecule has 0 aliphatic carbocycles. The fourth-order valence-corrected chi connectivity index (χ4v) is 3.82. The number of thiophene rings is 1. The van der Waals surface area contributed by atoms with E-state index in [9.17, 15) is 0 Å². The lowest BCUT2D eigenvalue weighted by Crippen LogP contribution is -2.16. The summed E-state index contributed by atoms with van der Waals surface area (Å²) >= 11 is 3.57. The van der Waals surface area contributed by atoms with E-state index in [1.54, 1.807) is 11.3 Å². The Morgan fingerprint density at radius 3 is 2.67 bits per heavy atom. The van der Waals surface area contributed by atoms with Gasteiger partial charge in [-0.2, -0.15) is 0 Å². The van der Waals surface area contributed by atoms with Crippen molar-refractivity contribution in [1.82, 2.24) is 10.3 Å². The summed E-state index contributed by atoms with van der Waals surface area (Å²) in [5.74, 6) is 0. The van der Waals surface area contributed by atoms with E-state index >= 15 is 0 Å². The molecule has 21 heavy (non-hydrogen) atoms. The third-order valence-corrected chi connectivity index (χ3v) is 5.40. The Morgan fingerprint density at radius 2 is 1.95 bits per heavy atom. The predicted molar refractivity (Wildman–Crippen MR) is 91.9 cm³/mol. The first-order valence-electron chi connectivity index (χ1n) is 7.02. The fraction of sp³-hybridized carbons (Fsp3) is 0.235. The summed E-state index contributed by atoms with van der Waals surface area (Å²) in [7, 11) is 0. The van der Waals surface area contributed by atoms with Crippen LogP contribution in [0.1, 0.15) is 27.7 Å². The van der Waals surface area contributed by atoms with Gasteiger partial charge in [0.05, 0.1) is 5.69 Å². The Hall–Kier alpha value is -1.49. The molecule has 0 bridgehead atoms. The van der Waals surface area contributed by atoms with Gasteiger partial charge in [0, 0.05) is 33.3 Å². The molecule has 0 amide bonds. The van der Waals surface area contributed by atoms with Crippen molar-refractivity contribution in [3.63, 3.8) is 0 Å². The smallest absolute Gasteiger partial charge is 0.107 e. The van der Waals surface area contributed by atoms with Crippen molar-refractivity contribution < 1.29 is 0 Å². The van der Waals surface area contributed by atoms with Crippen LogP contribution in [0, 0.1) is 6.92 Å². The number of thiazole rings is 1. The van der Waals surface area contributed by atoms with Gasteiger partial charge in [0.1, 0.15) is 5.01 Å². The van der Waals surface area contributed by atoms with Gasteiger partial charge in [0.2, 0.25) is 0 Å². The highest BCUT2D eigenvalue weighted by Crippen LogP contribution is 2.24. The summed E-state index contributed by atoms with van der Waals surface area (Å²) in [6.07, 6.45) is 0. The molecule has 0 aliphatic heterocycles. The average molecular weight is 314 g/mol. The summed E-state index contributed by atoms with van der Waals surface area (Å²) in [5, 5.41) is 6.82. The van der Waals surface area contributed by atoms with E-state index in [-0.39, 0.29) is 0 Å². The molecule has 0 fully saturated rings. The monoisotopic (exact) mass is 314 g/mol. The van der Waals surface area contributed by atoms with Crippen molar-refractivity contribution in [3.05, 3.63) is 62.6 Å². The molecular formula is C17H18N2S2. The minimum absolute atomic E-state index is 0.368. The molecule has 3 rings (SSSR count). The van der Waals surface area contributed by atoms with Crippen molar-refractivity contribution in [2.45, 2.75) is 26.4 Å². The summed E-state index contributed by atoms with van der Waals surface area (Å²) in [6.45, 7) is 5.17. The van der Waals surface area contributed by atoms with E-state index in [4.69, 9.17) is 4.98 Å². The van der Waals surface area contributed by atoms with E-state index in [1.165, 1.54) is 15.3 Å². The third-order valence-electron chi connectivity index (χ3n) is 3.37. The second-order valence-electron chi connectivity index (χ2n) is 5.04. The van der Waals surface area contributed by atoms with Crippen molar-refractivity contribution in [2.24, 2.45) is 0 Å². The van der Waals surface area contributed by atoms with Crippen LogP contribution < -0.4 is 5.32 Å². The molecule has 108 valence electrons. The SMILES string of the molecule is Cc1ccc(C(C)NCc2nc(-c3ccccc3)cs2)s1. The van der Waals surface area contributed by atoms with Gasteiger partial charge in [-0.3, -0.25) is 0 Å². The van der Waals surface area contributed by atoms with Crippen LogP contribution in [0.15, 0.2) is 47.8 Å². The van der Waals surface area contributed by atoms with E-state index in [2.05, 4.69) is 48.8 Å². The maximum absolute atomic E-state index is 4.71. The molecule has 2 heterocycles. The Morgan fingerprint density at radius 1 is 1.14 bits per heavy atom. The number of nitrogens with one attached hydrogen (secondary N) is 1. The standard InChI is InChI=1S/C17H18N2S2/c1-12-8-9-16(21-12)13(2)18-10-17-19-15(11-20-17)14-6-4-3-5-7-14/h3-9,11,13,18H,10H2,1-2H3. The van der Waals surface area contributed by atoms with Crippen LogP contribution in [0.3, 0.4) is 0 Å². The third kappa shape index (κ3) is 3.59. The van der Waals surface area contributed by atoms with Gasteiger partial charge >= 0.3 is 0 Å². The Bertz CT molecular complexity index is 700. The van der Waals surface area contributed by atoms with Gasteiger partial charge in [-0.15, -0.1) is 22.7 Å². The summed E-state index contributed by atoms with van der Waals surface area (Å²) in [6, 6.07) is 15.1. The van der Waals surface area contributed by atoms with Crippen LogP contribution in [0.2, 0.25) is 0 Å². The quantitative estimate of drug-likeness (QED) is 0.714. The van der Waals surface area contributed by atoms with E-state index in [0.717, 1.165) is 17.2 Å². The van der Waals surface area contributed by atoms with Gasteiger partial charge < -0.3 is 5.32 Å². The Balaban J connectivity index is 1.63. The van der Waals surface area contributed by atoms with Crippen molar-refractivity contribution in [1.29, 1.82) is 0 Å². The van der Waals surface area contributed by atoms with Crippen LogP contribution in [0.4, 0.5) is 0 Å². The highest BCUT2D eigenvalue weighted by Gasteiger charge is 2.09. The molecule has 1 unspecified atom stereocenters. The lowest BCUT2D eigenvalue weighted by atomic mass is 10.2. The van der Waals surface area contributed by atoms with Gasteiger partial charge in [0.25, 0.3) is 0 Å². The molecule has 2 nitrogen and oxygen atoms in total. The molecule has 2 aromatic heterocycles. The van der Waals surface area contributed by atoms with Crippen LogP contribution in [-0.2, 0) is 6.54 Å². The lowest BCUT2D eigenvalue weighted by molar-refractivity contribution is 0.581. The zero-order chi connectivity index (χ0) is 14.7. The molecular weight excluding hydrogens is 296 g/mol. The number of rotatable bonds is 5. The maximum Gasteiger partial charge on any atom is 0.107 e. The highest BCUT2D eigenvalue weighted by molar-refractivity contribution is 7.12. The van der Waals surface area contributed by atoms with Crippen molar-refractivity contribution in [2.75, 3.05) is 0 Å². The first kappa shape index (κ1) is 14.4. The molecule has 4 heteroatoms. The molecule has 3 aromatic rings. The number of aryl methyl sites for hydroxylation is 1. The Kier molecular flexibility index (Phi) is 4.48. The first-order chi connectivity index (χ1) is 10.2. The number of nitrogens with zero attached hydrogens (tertiary/aromatic N) is 1. The zero-order valence-electron chi connectivity index (χ0n) is 12.2. The lowest BCUT2D eigenvalue weighted by Gasteiger charge is -2.10. The van der Waals surface area contributed by atoms with E-state index in [0.29, 0.717) is 6.04 Å². The molecule has 1 aromatic carbocycles. The molecule has 0 aliphatic rings. The zero-order valence-corrected chi connectivity index (χ0v) is 13.8. The maximum atomic E-state index is 4.71. The molecule has 1 N–H and O–H groups in total. The molecule has 0 spiro atoms. The van der Waals surface area contributed by atoms with Gasteiger partial charge in [0.15, 0.2) is 0 Å². The predicted octanol–water partition coefficient (Wildman–Crippen LogP) is 5.03. The number of hydrogen-bond acceptors (Lipinski definition) is 4. The fourth-order valence-electron chi connectivity index (χ4n) is 2.16. The van der Waals surface area contributed by atoms with E-state index in [1.807, 2.05) is 29.5 Å².